The maximum absolute atomic E-state index is 13.3. The fourth-order valence-electron chi connectivity index (χ4n) is 3.39. The molecule has 1 saturated carbocycles. The van der Waals surface area contributed by atoms with Gasteiger partial charge in [-0.15, -0.1) is 0 Å². The molecule has 1 atom stereocenters. The van der Waals surface area contributed by atoms with Crippen LogP contribution in [0.4, 0.5) is 4.39 Å². The van der Waals surface area contributed by atoms with Gasteiger partial charge in [-0.05, 0) is 25.0 Å². The number of nitrogens with zero attached hydrogens (tertiary/aromatic N) is 2. The number of hydrogen-bond acceptors (Lipinski definition) is 4. The number of rotatable bonds is 4. The molecule has 0 spiro atoms. The van der Waals surface area contributed by atoms with E-state index in [2.05, 4.69) is 4.90 Å². The molecule has 1 aromatic rings. The predicted molar refractivity (Wildman–Crippen MR) is 88.3 cm³/mol. The van der Waals surface area contributed by atoms with Crippen molar-refractivity contribution in [1.82, 2.24) is 9.80 Å². The van der Waals surface area contributed by atoms with E-state index in [4.69, 9.17) is 4.74 Å². The Morgan fingerprint density at radius 3 is 2.79 bits per heavy atom. The van der Waals surface area contributed by atoms with Gasteiger partial charge >= 0.3 is 0 Å². The first-order valence-corrected chi connectivity index (χ1v) is 8.55. The summed E-state index contributed by atoms with van der Waals surface area (Å²) in [5, 5.41) is 11.1. The van der Waals surface area contributed by atoms with E-state index < -0.39 is 5.60 Å². The summed E-state index contributed by atoms with van der Waals surface area (Å²) in [5.41, 5.74) is -1.16. The molecule has 1 amide bonds. The number of carbonyl (C=O) groups is 1. The number of amides is 1. The van der Waals surface area contributed by atoms with Gasteiger partial charge in [-0.2, -0.15) is 0 Å². The van der Waals surface area contributed by atoms with Crippen molar-refractivity contribution in [3.05, 3.63) is 30.1 Å². The van der Waals surface area contributed by atoms with E-state index in [-0.39, 0.29) is 24.9 Å². The van der Waals surface area contributed by atoms with E-state index in [0.29, 0.717) is 24.9 Å². The van der Waals surface area contributed by atoms with E-state index in [1.165, 1.54) is 25.5 Å². The topological polar surface area (TPSA) is 53.0 Å². The monoisotopic (exact) mass is 336 g/mol. The van der Waals surface area contributed by atoms with Crippen molar-refractivity contribution in [2.75, 3.05) is 32.8 Å². The molecular weight excluding hydrogens is 311 g/mol. The van der Waals surface area contributed by atoms with Gasteiger partial charge in [-0.25, -0.2) is 4.39 Å². The Labute approximate surface area is 142 Å². The first kappa shape index (κ1) is 17.2. The molecule has 0 aromatic heterocycles. The molecule has 0 unspecified atom stereocenters. The van der Waals surface area contributed by atoms with Crippen LogP contribution < -0.4 is 4.74 Å². The average molecular weight is 336 g/mol. The summed E-state index contributed by atoms with van der Waals surface area (Å²) in [5.74, 6) is -0.0336. The quantitative estimate of drug-likeness (QED) is 0.908. The molecule has 2 aliphatic rings. The minimum atomic E-state index is -1.16. The van der Waals surface area contributed by atoms with Crippen molar-refractivity contribution in [3.63, 3.8) is 0 Å². The van der Waals surface area contributed by atoms with Gasteiger partial charge in [-0.1, -0.05) is 12.5 Å². The third kappa shape index (κ3) is 4.05. The van der Waals surface area contributed by atoms with Gasteiger partial charge in [0, 0.05) is 38.7 Å². The fourth-order valence-corrected chi connectivity index (χ4v) is 3.39. The molecule has 1 saturated heterocycles. The van der Waals surface area contributed by atoms with Gasteiger partial charge in [0.05, 0.1) is 6.54 Å². The van der Waals surface area contributed by atoms with Crippen LogP contribution in [-0.2, 0) is 4.79 Å². The van der Waals surface area contributed by atoms with Crippen molar-refractivity contribution >= 4 is 5.91 Å². The molecule has 5 nitrogen and oxygen atoms in total. The van der Waals surface area contributed by atoms with Gasteiger partial charge in [0.15, 0.2) is 0 Å². The lowest BCUT2D eigenvalue weighted by Crippen LogP contribution is -2.54. The van der Waals surface area contributed by atoms with Gasteiger partial charge < -0.3 is 14.7 Å². The largest absolute Gasteiger partial charge is 0.490 e. The van der Waals surface area contributed by atoms with E-state index in [0.717, 1.165) is 19.4 Å². The number of benzene rings is 1. The first-order chi connectivity index (χ1) is 11.5. The summed E-state index contributed by atoms with van der Waals surface area (Å²) in [6.45, 7) is 3.65. The van der Waals surface area contributed by atoms with E-state index in [9.17, 15) is 14.3 Å². The van der Waals surface area contributed by atoms with E-state index in [1.807, 2.05) is 0 Å². The lowest BCUT2D eigenvalue weighted by atomic mass is 9.90. The summed E-state index contributed by atoms with van der Waals surface area (Å²) in [6.07, 6.45) is 3.50. The minimum Gasteiger partial charge on any atom is -0.490 e. The molecule has 1 aromatic carbocycles. The zero-order valence-corrected chi connectivity index (χ0v) is 14.1. The van der Waals surface area contributed by atoms with Gasteiger partial charge in [-0.3, -0.25) is 9.69 Å². The zero-order valence-electron chi connectivity index (χ0n) is 14.1. The molecule has 0 bridgehead atoms. The lowest BCUT2D eigenvalue weighted by Gasteiger charge is -2.40. The number of carbonyl (C=O) groups excluding carboxylic acids is 1. The zero-order chi connectivity index (χ0) is 17.2. The number of ether oxygens (including phenoxy) is 1. The van der Waals surface area contributed by atoms with Crippen LogP contribution in [0, 0.1) is 5.82 Å². The molecule has 1 N–H and O–H groups in total. The average Bonchev–Trinajstić information content (AvgIpc) is 2.64. The third-order valence-corrected chi connectivity index (χ3v) is 4.98. The van der Waals surface area contributed by atoms with Crippen molar-refractivity contribution in [1.29, 1.82) is 0 Å². The highest BCUT2D eigenvalue weighted by molar-refractivity contribution is 5.73. The SMILES string of the molecule is CC(=O)N1CCN(C2CCC2)C[C@@](O)(COc2cccc(F)c2)C1. The highest BCUT2D eigenvalue weighted by Crippen LogP contribution is 2.28. The molecule has 3 rings (SSSR count). The summed E-state index contributed by atoms with van der Waals surface area (Å²) < 4.78 is 18.9. The Morgan fingerprint density at radius 2 is 2.17 bits per heavy atom. The Hall–Kier alpha value is -1.66. The molecule has 2 fully saturated rings. The van der Waals surface area contributed by atoms with Crippen LogP contribution in [0.5, 0.6) is 5.75 Å². The molecule has 1 aliphatic carbocycles. The van der Waals surface area contributed by atoms with E-state index in [1.54, 1.807) is 17.0 Å². The van der Waals surface area contributed by atoms with Crippen molar-refractivity contribution < 1.29 is 19.0 Å². The second-order valence-electron chi connectivity index (χ2n) is 6.97. The molecule has 6 heteroatoms. The first-order valence-electron chi connectivity index (χ1n) is 8.55. The molecule has 0 radical (unpaired) electrons. The number of hydrogen-bond donors (Lipinski definition) is 1. The normalized spacial score (nSPS) is 25.9. The van der Waals surface area contributed by atoms with E-state index >= 15 is 0 Å². The Kier molecular flexibility index (Phi) is 5.06. The second kappa shape index (κ2) is 7.07. The number of halogens is 1. The van der Waals surface area contributed by atoms with Crippen molar-refractivity contribution in [2.45, 2.75) is 37.8 Å². The molecule has 132 valence electrons. The fraction of sp³-hybridized carbons (Fsp3) is 0.611. The highest BCUT2D eigenvalue weighted by Gasteiger charge is 2.39. The second-order valence-corrected chi connectivity index (χ2v) is 6.97. The summed E-state index contributed by atoms with van der Waals surface area (Å²) in [7, 11) is 0. The Bertz CT molecular complexity index is 593. The standard InChI is InChI=1S/C18H25FN2O3/c1-14(22)20-8-9-21(16-5-3-6-16)12-18(23,11-20)13-24-17-7-2-4-15(19)10-17/h2,4,7,10,16,23H,3,5-6,8-9,11-13H2,1H3/t18-/m1/s1. The number of aliphatic hydroxyl groups is 1. The molecular formula is C18H25FN2O3. The maximum atomic E-state index is 13.3. The third-order valence-electron chi connectivity index (χ3n) is 4.98. The highest BCUT2D eigenvalue weighted by atomic mass is 19.1. The Morgan fingerprint density at radius 1 is 1.38 bits per heavy atom. The molecule has 1 aliphatic heterocycles. The molecule has 1 heterocycles. The van der Waals surface area contributed by atoms with Crippen LogP contribution in [0.3, 0.4) is 0 Å². The molecule has 24 heavy (non-hydrogen) atoms. The van der Waals surface area contributed by atoms with Gasteiger partial charge in [0.1, 0.15) is 23.8 Å². The summed E-state index contributed by atoms with van der Waals surface area (Å²) in [4.78, 5) is 15.8. The van der Waals surface area contributed by atoms with Crippen LogP contribution in [0.2, 0.25) is 0 Å². The minimum absolute atomic E-state index is 0.0312. The Balaban J connectivity index is 1.71. The maximum Gasteiger partial charge on any atom is 0.219 e. The summed E-state index contributed by atoms with van der Waals surface area (Å²) >= 11 is 0. The van der Waals surface area contributed by atoms with Crippen LogP contribution in [0.25, 0.3) is 0 Å². The lowest BCUT2D eigenvalue weighted by molar-refractivity contribution is -0.132. The van der Waals surface area contributed by atoms with Gasteiger partial charge in [0.2, 0.25) is 5.91 Å². The number of β-amino-alcohol motifs (C(OH)–C–C–N with tert-alkyl or cyclic N) is 1. The predicted octanol–water partition coefficient (Wildman–Crippen LogP) is 1.65. The van der Waals surface area contributed by atoms with Crippen LogP contribution in [0.1, 0.15) is 26.2 Å². The van der Waals surface area contributed by atoms with Gasteiger partial charge in [0.25, 0.3) is 0 Å². The van der Waals surface area contributed by atoms with Crippen LogP contribution >= 0.6 is 0 Å². The van der Waals surface area contributed by atoms with Crippen LogP contribution in [0.15, 0.2) is 24.3 Å². The summed E-state index contributed by atoms with van der Waals surface area (Å²) in [6, 6.07) is 6.37. The van der Waals surface area contributed by atoms with Crippen LogP contribution in [-0.4, -0.2) is 65.2 Å². The smallest absolute Gasteiger partial charge is 0.219 e. The van der Waals surface area contributed by atoms with Crippen molar-refractivity contribution in [3.8, 4) is 5.75 Å². The van der Waals surface area contributed by atoms with Crippen molar-refractivity contribution in [2.24, 2.45) is 0 Å².